The Kier molecular flexibility index (Phi) is 8.28. The lowest BCUT2D eigenvalue weighted by Crippen LogP contribution is -3.61. The second kappa shape index (κ2) is 9.41. The Hall–Kier alpha value is -1.39. The van der Waals surface area contributed by atoms with Crippen LogP contribution in [0, 0.1) is 7.14 Å². The van der Waals surface area contributed by atoms with Gasteiger partial charge in [0.1, 0.15) is 0 Å². The van der Waals surface area contributed by atoms with Crippen molar-refractivity contribution in [1.29, 1.82) is 0 Å². The second-order valence-electron chi connectivity index (χ2n) is 4.60. The fourth-order valence-corrected chi connectivity index (χ4v) is 5.27. The lowest BCUT2D eigenvalue weighted by Gasteiger charge is -2.22. The van der Waals surface area contributed by atoms with Gasteiger partial charge in [-0.05, 0) is 24.3 Å². The van der Waals surface area contributed by atoms with Crippen molar-refractivity contribution >= 4 is 20.0 Å². The largest absolute Gasteiger partial charge is 0.480 e. The maximum atomic E-state index is 11.4. The standard InChI is InChI=1S/C12H10I.C2F6NO4S2/c1-3-7-11(8-4-1)13-12-9-5-2-6-10-12;3-1(4,5)14(10,11)9-15(12,13)2(6,7)8/h1-10H;/q+1;-1. The van der Waals surface area contributed by atoms with E-state index in [9.17, 15) is 43.2 Å². The van der Waals surface area contributed by atoms with Gasteiger partial charge in [0.2, 0.25) is 0 Å². The van der Waals surface area contributed by atoms with E-state index in [-0.39, 0.29) is 21.2 Å². The number of halogens is 7. The molecule has 0 fully saturated rings. The molecule has 0 radical (unpaired) electrons. The zero-order valence-corrected chi connectivity index (χ0v) is 17.1. The minimum Gasteiger partial charge on any atom is -0.421 e. The van der Waals surface area contributed by atoms with E-state index in [0.717, 1.165) is 4.13 Å². The van der Waals surface area contributed by atoms with Crippen LogP contribution in [0.25, 0.3) is 4.13 Å². The Labute approximate surface area is 167 Å². The molecule has 0 atom stereocenters. The third-order valence-corrected chi connectivity index (χ3v) is 7.89. The molecule has 0 aliphatic carbocycles. The number of benzene rings is 2. The van der Waals surface area contributed by atoms with Crippen LogP contribution in [0.2, 0.25) is 0 Å². The van der Waals surface area contributed by atoms with Gasteiger partial charge >= 0.3 is 32.2 Å². The maximum Gasteiger partial charge on any atom is 0.480 e. The molecule has 0 unspecified atom stereocenters. The van der Waals surface area contributed by atoms with Crippen LogP contribution in [0.5, 0.6) is 0 Å². The molecule has 2 rings (SSSR count). The van der Waals surface area contributed by atoms with Crippen LogP contribution in [0.1, 0.15) is 0 Å². The molecule has 0 N–H and O–H groups in total. The van der Waals surface area contributed by atoms with E-state index in [1.807, 2.05) is 0 Å². The summed E-state index contributed by atoms with van der Waals surface area (Å²) in [5.74, 6) is 0. The van der Waals surface area contributed by atoms with Crippen molar-refractivity contribution in [3.63, 3.8) is 0 Å². The monoisotopic (exact) mass is 561 g/mol. The summed E-state index contributed by atoms with van der Waals surface area (Å²) in [5, 5.41) is 0. The first-order chi connectivity index (χ1) is 12.7. The lowest BCUT2D eigenvalue weighted by atomic mass is 10.4. The summed E-state index contributed by atoms with van der Waals surface area (Å²) < 4.78 is 112. The average Bonchev–Trinajstić information content (AvgIpc) is 2.54. The van der Waals surface area contributed by atoms with Crippen LogP contribution >= 0.6 is 0 Å². The highest BCUT2D eigenvalue weighted by Crippen LogP contribution is 2.36. The molecule has 14 heteroatoms. The van der Waals surface area contributed by atoms with Crippen LogP contribution in [0.4, 0.5) is 26.3 Å². The van der Waals surface area contributed by atoms with Gasteiger partial charge in [-0.2, -0.15) is 26.3 Å². The highest BCUT2D eigenvalue weighted by atomic mass is 127. The Morgan fingerprint density at radius 3 is 1.14 bits per heavy atom. The first-order valence-electron chi connectivity index (χ1n) is 6.77. The molecule has 0 aromatic heterocycles. The van der Waals surface area contributed by atoms with Crippen molar-refractivity contribution in [3.8, 4) is 0 Å². The molecule has 2 aromatic carbocycles. The molecule has 0 spiro atoms. The van der Waals surface area contributed by atoms with E-state index in [4.69, 9.17) is 0 Å². The third-order valence-electron chi connectivity index (χ3n) is 2.47. The maximum absolute atomic E-state index is 11.4. The Morgan fingerprint density at radius 2 is 0.893 bits per heavy atom. The average molecular weight is 561 g/mol. The number of hydrogen-bond donors (Lipinski definition) is 0. The SMILES string of the molecule is O=S(=O)([N-]S(=O)(=O)C(F)(F)F)C(F)(F)F.c1ccc([I+]c2ccccc2)cc1. The number of hydrogen-bond acceptors (Lipinski definition) is 4. The smallest absolute Gasteiger partial charge is 0.421 e. The van der Waals surface area contributed by atoms with E-state index in [2.05, 4.69) is 60.7 Å². The molecule has 156 valence electrons. The van der Waals surface area contributed by atoms with Crippen LogP contribution in [0.3, 0.4) is 0 Å². The van der Waals surface area contributed by atoms with Gasteiger partial charge in [-0.25, -0.2) is 16.8 Å². The van der Waals surface area contributed by atoms with Gasteiger partial charge in [0.15, 0.2) is 27.2 Å². The Bertz CT molecular complexity index is 883. The topological polar surface area (TPSA) is 82.4 Å². The summed E-state index contributed by atoms with van der Waals surface area (Å²) in [6.45, 7) is 0. The van der Waals surface area contributed by atoms with Crippen molar-refractivity contribution in [2.24, 2.45) is 0 Å². The molecule has 0 aliphatic heterocycles. The number of alkyl halides is 6. The minimum atomic E-state index is -6.72. The lowest BCUT2D eigenvalue weighted by molar-refractivity contribution is -0.597. The van der Waals surface area contributed by atoms with Gasteiger partial charge in [-0.1, -0.05) is 36.4 Å². The first kappa shape index (κ1) is 24.6. The van der Waals surface area contributed by atoms with Crippen LogP contribution in [0.15, 0.2) is 60.7 Å². The Morgan fingerprint density at radius 1 is 0.607 bits per heavy atom. The van der Waals surface area contributed by atoms with Crippen molar-refractivity contribution in [2.45, 2.75) is 11.0 Å². The van der Waals surface area contributed by atoms with Crippen LogP contribution in [-0.2, 0) is 20.0 Å². The zero-order chi connectivity index (χ0) is 21.6. The molecular formula is C14H10F6INO4S2. The minimum absolute atomic E-state index is 0.0287. The predicted octanol–water partition coefficient (Wildman–Crippen LogP) is 0.874. The number of rotatable bonds is 4. The number of nitrogens with zero attached hydrogens (tertiary/aromatic N) is 1. The van der Waals surface area contributed by atoms with E-state index < -0.39 is 31.1 Å². The normalized spacial score (nSPS) is 12.8. The van der Waals surface area contributed by atoms with Gasteiger partial charge in [-0.15, -0.1) is 0 Å². The van der Waals surface area contributed by atoms with E-state index in [0.29, 0.717) is 0 Å². The molecule has 0 saturated heterocycles. The van der Waals surface area contributed by atoms with E-state index in [1.54, 1.807) is 0 Å². The second-order valence-corrected chi connectivity index (χ2v) is 11.1. The molecule has 0 bridgehead atoms. The summed E-state index contributed by atoms with van der Waals surface area (Å²) >= 11 is 0.0287. The van der Waals surface area contributed by atoms with Crippen molar-refractivity contribution in [1.82, 2.24) is 0 Å². The van der Waals surface area contributed by atoms with Gasteiger partial charge < -0.3 is 4.13 Å². The highest BCUT2D eigenvalue weighted by molar-refractivity contribution is 8.13. The third kappa shape index (κ3) is 7.56. The molecule has 2 aromatic rings. The van der Waals surface area contributed by atoms with E-state index >= 15 is 0 Å². The van der Waals surface area contributed by atoms with Crippen molar-refractivity contribution in [3.05, 3.63) is 71.9 Å². The summed E-state index contributed by atoms with van der Waals surface area (Å²) in [5.41, 5.74) is -12.4. The Balaban J connectivity index is 0.000000281. The fraction of sp³-hybridized carbons (Fsp3) is 0.143. The van der Waals surface area contributed by atoms with Crippen molar-refractivity contribution in [2.75, 3.05) is 0 Å². The van der Waals surface area contributed by atoms with E-state index in [1.165, 1.54) is 7.14 Å². The molecule has 5 nitrogen and oxygen atoms in total. The molecule has 28 heavy (non-hydrogen) atoms. The zero-order valence-electron chi connectivity index (χ0n) is 13.3. The molecule has 0 heterocycles. The summed E-state index contributed by atoms with van der Waals surface area (Å²) in [7, 11) is -13.4. The highest BCUT2D eigenvalue weighted by Gasteiger charge is 2.46. The van der Waals surface area contributed by atoms with Crippen LogP contribution < -0.4 is 21.2 Å². The fourth-order valence-electron chi connectivity index (χ4n) is 1.30. The molecular weight excluding hydrogens is 551 g/mol. The molecule has 0 amide bonds. The van der Waals surface area contributed by atoms with Gasteiger partial charge in [0, 0.05) is 0 Å². The molecule has 0 aliphatic rings. The summed E-state index contributed by atoms with van der Waals surface area (Å²) in [6.07, 6.45) is 0. The van der Waals surface area contributed by atoms with Gasteiger partial charge in [-0.3, -0.25) is 0 Å². The summed E-state index contributed by atoms with van der Waals surface area (Å²) in [6, 6.07) is 21.4. The van der Waals surface area contributed by atoms with Gasteiger partial charge in [0.05, 0.1) is 0 Å². The summed E-state index contributed by atoms with van der Waals surface area (Å²) in [4.78, 5) is 0. The van der Waals surface area contributed by atoms with Crippen LogP contribution in [-0.4, -0.2) is 27.9 Å². The number of sulfonamides is 2. The van der Waals surface area contributed by atoms with Crippen molar-refractivity contribution < 1.29 is 64.4 Å². The molecule has 0 saturated carbocycles. The predicted molar refractivity (Wildman–Crippen MR) is 83.6 cm³/mol. The quantitative estimate of drug-likeness (QED) is 0.410. The van der Waals surface area contributed by atoms with Gasteiger partial charge in [0.25, 0.3) is 0 Å². The first-order valence-corrected chi connectivity index (χ1v) is 11.8.